The lowest BCUT2D eigenvalue weighted by Gasteiger charge is -2.48. The first-order valence-corrected chi connectivity index (χ1v) is 5.32. The number of ketones is 1. The summed E-state index contributed by atoms with van der Waals surface area (Å²) in [5.74, 6) is 0.303. The first kappa shape index (κ1) is 9.07. The van der Waals surface area contributed by atoms with Crippen molar-refractivity contribution < 1.29 is 4.79 Å². The number of Topliss-reactive ketones (excluding diaryl/α,β-unsaturated/α-hetero) is 1. The lowest BCUT2D eigenvalue weighted by molar-refractivity contribution is -0.134. The molecule has 11 heavy (non-hydrogen) atoms. The van der Waals surface area contributed by atoms with E-state index in [2.05, 4.69) is 0 Å². The molecule has 3 heteroatoms. The van der Waals surface area contributed by atoms with E-state index >= 15 is 0 Å². The average molecular weight is 188 g/mol. The minimum absolute atomic E-state index is 0.282. The zero-order valence-corrected chi connectivity index (χ0v) is 8.86. The molecule has 1 saturated carbocycles. The topological polar surface area (TPSA) is 17.1 Å². The fourth-order valence-corrected chi connectivity index (χ4v) is 3.77. The minimum Gasteiger partial charge on any atom is -0.298 e. The van der Waals surface area contributed by atoms with Crippen molar-refractivity contribution in [3.63, 3.8) is 0 Å². The highest BCUT2D eigenvalue weighted by Gasteiger charge is 2.57. The Kier molecular flexibility index (Phi) is 1.84. The molecule has 0 amide bonds. The Morgan fingerprint density at radius 2 is 1.55 bits per heavy atom. The Bertz CT molecular complexity index is 250. The first-order valence-electron chi connectivity index (χ1n) is 3.57. The average Bonchev–Trinajstić information content (AvgIpc) is 1.86. The Hall–Kier alpha value is -0.0200. The molecule has 0 spiro atoms. The van der Waals surface area contributed by atoms with Crippen LogP contribution in [0.3, 0.4) is 0 Å². The van der Waals surface area contributed by atoms with Gasteiger partial charge >= 0.3 is 0 Å². The highest BCUT2D eigenvalue weighted by Crippen LogP contribution is 2.46. The molecule has 0 aromatic carbocycles. The number of carbonyl (C=O) groups excluding carboxylic acids is 1. The molecular formula is C8H12OS2. The SMILES string of the molecule is CC1(C)C(=O)C(C)(C)C1=S=S. The maximum Gasteiger partial charge on any atom is 0.153 e. The van der Waals surface area contributed by atoms with Crippen LogP contribution in [0.5, 0.6) is 0 Å². The molecule has 0 unspecified atom stereocenters. The summed E-state index contributed by atoms with van der Waals surface area (Å²) in [6, 6.07) is 0. The maximum absolute atomic E-state index is 11.5. The maximum atomic E-state index is 11.5. The largest absolute Gasteiger partial charge is 0.298 e. The predicted octanol–water partition coefficient (Wildman–Crippen LogP) is 1.34. The molecule has 0 radical (unpaired) electrons. The summed E-state index contributed by atoms with van der Waals surface area (Å²) in [7, 11) is 1.31. The second kappa shape index (κ2) is 2.23. The van der Waals surface area contributed by atoms with Gasteiger partial charge in [0, 0.05) is 4.86 Å². The van der Waals surface area contributed by atoms with E-state index in [1.807, 2.05) is 27.7 Å². The Morgan fingerprint density at radius 3 is 1.73 bits per heavy atom. The third-order valence-electron chi connectivity index (χ3n) is 2.35. The normalized spacial score (nSPS) is 26.2. The molecule has 62 valence electrons. The summed E-state index contributed by atoms with van der Waals surface area (Å²) in [5.41, 5.74) is -0.564. The second-order valence-electron chi connectivity index (χ2n) is 3.99. The van der Waals surface area contributed by atoms with Crippen molar-refractivity contribution in [2.75, 3.05) is 0 Å². The molecular weight excluding hydrogens is 176 g/mol. The van der Waals surface area contributed by atoms with Gasteiger partial charge in [0.2, 0.25) is 0 Å². The van der Waals surface area contributed by atoms with Crippen LogP contribution in [-0.4, -0.2) is 10.6 Å². The molecule has 0 aromatic heterocycles. The van der Waals surface area contributed by atoms with Gasteiger partial charge in [0.05, 0.1) is 10.8 Å². The molecule has 0 atom stereocenters. The van der Waals surface area contributed by atoms with Gasteiger partial charge in [-0.25, -0.2) is 0 Å². The van der Waals surface area contributed by atoms with E-state index < -0.39 is 0 Å². The van der Waals surface area contributed by atoms with Crippen LogP contribution in [0.25, 0.3) is 0 Å². The van der Waals surface area contributed by atoms with E-state index in [0.717, 1.165) is 4.86 Å². The van der Waals surface area contributed by atoms with E-state index in [-0.39, 0.29) is 10.8 Å². The molecule has 1 fully saturated rings. The first-order chi connectivity index (χ1) is 4.85. The van der Waals surface area contributed by atoms with Gasteiger partial charge in [0.1, 0.15) is 0 Å². The van der Waals surface area contributed by atoms with Gasteiger partial charge in [-0.1, -0.05) is 9.91 Å². The fraction of sp³-hybridized carbons (Fsp3) is 0.750. The van der Waals surface area contributed by atoms with Gasteiger partial charge in [-0.3, -0.25) is 4.79 Å². The summed E-state index contributed by atoms with van der Waals surface area (Å²) >= 11 is 4.90. The quantitative estimate of drug-likeness (QED) is 0.534. The number of carbonyl (C=O) groups is 1. The molecule has 0 saturated heterocycles. The van der Waals surface area contributed by atoms with Crippen LogP contribution in [-0.2, 0) is 25.9 Å². The van der Waals surface area contributed by atoms with Crippen LogP contribution in [0, 0.1) is 10.8 Å². The van der Waals surface area contributed by atoms with Gasteiger partial charge < -0.3 is 0 Å². The van der Waals surface area contributed by atoms with Crippen molar-refractivity contribution in [3.8, 4) is 0 Å². The summed E-state index contributed by atoms with van der Waals surface area (Å²) in [6.45, 7) is 7.76. The van der Waals surface area contributed by atoms with Gasteiger partial charge in [-0.05, 0) is 38.9 Å². The lowest BCUT2D eigenvalue weighted by Crippen LogP contribution is -2.61. The van der Waals surface area contributed by atoms with Crippen molar-refractivity contribution in [1.29, 1.82) is 0 Å². The Balaban J connectivity index is 3.18. The molecule has 1 aliphatic carbocycles. The molecule has 1 rings (SSSR count). The summed E-state index contributed by atoms with van der Waals surface area (Å²) < 4.78 is 0. The summed E-state index contributed by atoms with van der Waals surface area (Å²) in [6.07, 6.45) is 0. The van der Waals surface area contributed by atoms with E-state index in [9.17, 15) is 4.79 Å². The summed E-state index contributed by atoms with van der Waals surface area (Å²) in [4.78, 5) is 12.6. The molecule has 1 nitrogen and oxygen atoms in total. The standard InChI is InChI=1S/C8H12OS2/c1-7(2)5(9)8(3,4)6(7)11-10/h1-4H3. The fourth-order valence-electron chi connectivity index (χ4n) is 1.91. The van der Waals surface area contributed by atoms with E-state index in [1.165, 1.54) is 9.91 Å². The van der Waals surface area contributed by atoms with Gasteiger partial charge in [-0.15, -0.1) is 0 Å². The third kappa shape index (κ3) is 0.942. The zero-order valence-electron chi connectivity index (χ0n) is 7.22. The van der Waals surface area contributed by atoms with Crippen molar-refractivity contribution >= 4 is 31.7 Å². The van der Waals surface area contributed by atoms with Crippen molar-refractivity contribution in [2.24, 2.45) is 10.8 Å². The second-order valence-corrected chi connectivity index (χ2v) is 5.07. The van der Waals surface area contributed by atoms with E-state index in [0.29, 0.717) is 5.78 Å². The zero-order chi connectivity index (χ0) is 8.86. The van der Waals surface area contributed by atoms with Crippen molar-refractivity contribution in [3.05, 3.63) is 0 Å². The van der Waals surface area contributed by atoms with Crippen LogP contribution in [0.2, 0.25) is 0 Å². The number of hydrogen-bond acceptors (Lipinski definition) is 2. The minimum atomic E-state index is -0.282. The van der Waals surface area contributed by atoms with E-state index in [4.69, 9.17) is 11.2 Å². The molecule has 0 heterocycles. The lowest BCUT2D eigenvalue weighted by atomic mass is 9.55. The third-order valence-corrected chi connectivity index (χ3v) is 4.04. The smallest absolute Gasteiger partial charge is 0.153 e. The molecule has 0 bridgehead atoms. The predicted molar refractivity (Wildman–Crippen MR) is 52.3 cm³/mol. The van der Waals surface area contributed by atoms with Crippen LogP contribution >= 0.6 is 0 Å². The molecule has 0 aromatic rings. The van der Waals surface area contributed by atoms with Crippen LogP contribution in [0.15, 0.2) is 0 Å². The monoisotopic (exact) mass is 188 g/mol. The summed E-state index contributed by atoms with van der Waals surface area (Å²) in [5, 5.41) is 0. The molecule has 1 aliphatic rings. The van der Waals surface area contributed by atoms with Gasteiger partial charge in [0.15, 0.2) is 5.78 Å². The highest BCUT2D eigenvalue weighted by atomic mass is 32.8. The van der Waals surface area contributed by atoms with Gasteiger partial charge in [-0.2, -0.15) is 0 Å². The van der Waals surface area contributed by atoms with Crippen molar-refractivity contribution in [2.45, 2.75) is 27.7 Å². The van der Waals surface area contributed by atoms with Crippen LogP contribution in [0.4, 0.5) is 0 Å². The van der Waals surface area contributed by atoms with Crippen LogP contribution < -0.4 is 0 Å². The number of rotatable bonds is 0. The Labute approximate surface area is 75.4 Å². The highest BCUT2D eigenvalue weighted by molar-refractivity contribution is 8.17. The van der Waals surface area contributed by atoms with Crippen molar-refractivity contribution in [1.82, 2.24) is 0 Å². The van der Waals surface area contributed by atoms with Gasteiger partial charge in [0.25, 0.3) is 0 Å². The molecule has 0 N–H and O–H groups in total. The Morgan fingerprint density at radius 1 is 1.18 bits per heavy atom. The van der Waals surface area contributed by atoms with Crippen LogP contribution in [0.1, 0.15) is 27.7 Å². The molecule has 0 aliphatic heterocycles. The van der Waals surface area contributed by atoms with E-state index in [1.54, 1.807) is 0 Å². The number of hydrogen-bond donors (Lipinski definition) is 0.